The summed E-state index contributed by atoms with van der Waals surface area (Å²) in [5.41, 5.74) is 2.83. The number of benzene rings is 1. The molecule has 2 aliphatic heterocycles. The van der Waals surface area contributed by atoms with Gasteiger partial charge in [-0.1, -0.05) is 32.0 Å². The number of nitrogens with zero attached hydrogens (tertiary/aromatic N) is 1. The quantitative estimate of drug-likeness (QED) is 0.893. The van der Waals surface area contributed by atoms with Crippen molar-refractivity contribution in [2.24, 2.45) is 5.92 Å². The van der Waals surface area contributed by atoms with Gasteiger partial charge in [0.1, 0.15) is 0 Å². The third kappa shape index (κ3) is 3.26. The Morgan fingerprint density at radius 3 is 2.74 bits per heavy atom. The third-order valence-electron chi connectivity index (χ3n) is 4.12. The number of para-hydroxylation sites is 1. The maximum atomic E-state index is 3.59. The largest absolute Gasteiger partial charge is 0.384 e. The van der Waals surface area contributed by atoms with E-state index in [-0.39, 0.29) is 0 Å². The average molecular weight is 276 g/mol. The Hall–Kier alpha value is -0.670. The molecule has 19 heavy (non-hydrogen) atoms. The minimum Gasteiger partial charge on any atom is -0.384 e. The van der Waals surface area contributed by atoms with Gasteiger partial charge in [0, 0.05) is 42.4 Å². The van der Waals surface area contributed by atoms with E-state index in [1.165, 1.54) is 37.3 Å². The molecule has 2 aliphatic rings. The van der Waals surface area contributed by atoms with E-state index in [0.29, 0.717) is 0 Å². The fourth-order valence-corrected chi connectivity index (χ4v) is 4.82. The second-order valence-electron chi connectivity index (χ2n) is 6.08. The predicted octanol–water partition coefficient (Wildman–Crippen LogP) is 3.10. The van der Waals surface area contributed by atoms with Crippen LogP contribution >= 0.6 is 11.8 Å². The lowest BCUT2D eigenvalue weighted by Crippen LogP contribution is -2.44. The van der Waals surface area contributed by atoms with Gasteiger partial charge in [-0.05, 0) is 24.0 Å². The van der Waals surface area contributed by atoms with E-state index in [4.69, 9.17) is 0 Å². The minimum absolute atomic E-state index is 0.761. The van der Waals surface area contributed by atoms with Crippen LogP contribution < -0.4 is 5.32 Å². The second-order valence-corrected chi connectivity index (χ2v) is 7.97. The normalized spacial score (nSPS) is 31.6. The van der Waals surface area contributed by atoms with E-state index in [9.17, 15) is 0 Å². The number of hydrogen-bond donors (Lipinski definition) is 1. The number of anilines is 1. The molecule has 0 spiro atoms. The number of nitrogens with one attached hydrogen (secondary N) is 1. The smallest absolute Gasteiger partial charge is 0.0372 e. The fourth-order valence-electron chi connectivity index (χ4n) is 3.44. The number of rotatable bonds is 2. The highest BCUT2D eigenvalue weighted by molar-refractivity contribution is 8.00. The molecule has 0 bridgehead atoms. The zero-order valence-electron chi connectivity index (χ0n) is 11.9. The molecule has 0 amide bonds. The Balaban J connectivity index is 1.60. The van der Waals surface area contributed by atoms with Crippen molar-refractivity contribution < 1.29 is 0 Å². The molecule has 104 valence electrons. The molecule has 3 rings (SSSR count). The van der Waals surface area contributed by atoms with Crippen LogP contribution in [0.1, 0.15) is 19.4 Å². The summed E-state index contributed by atoms with van der Waals surface area (Å²) in [6.07, 6.45) is 1.23. The molecular formula is C16H24N2S. The molecular weight excluding hydrogens is 252 g/mol. The summed E-state index contributed by atoms with van der Waals surface area (Å²) in [7, 11) is 0. The molecule has 1 N–H and O–H groups in total. The van der Waals surface area contributed by atoms with Gasteiger partial charge in [-0.2, -0.15) is 11.8 Å². The standard InChI is InChI=1S/C16H24N2S/c1-12-9-18(10-13(2)19-12)11-14-7-15-5-3-4-6-16(15)17-8-14/h3-6,12-14,17H,7-11H2,1-2H3. The summed E-state index contributed by atoms with van der Waals surface area (Å²) >= 11 is 2.14. The summed E-state index contributed by atoms with van der Waals surface area (Å²) in [5.74, 6) is 0.761. The summed E-state index contributed by atoms with van der Waals surface area (Å²) < 4.78 is 0. The van der Waals surface area contributed by atoms with E-state index in [1.807, 2.05) is 0 Å². The molecule has 1 saturated heterocycles. The first-order valence-corrected chi connectivity index (χ1v) is 8.34. The van der Waals surface area contributed by atoms with Crippen molar-refractivity contribution in [3.8, 4) is 0 Å². The summed E-state index contributed by atoms with van der Waals surface area (Å²) in [6.45, 7) is 9.61. The SMILES string of the molecule is CC1CN(CC2CNc3ccccc3C2)CC(C)S1. The maximum absolute atomic E-state index is 3.59. The number of fused-ring (bicyclic) bond motifs is 1. The third-order valence-corrected chi connectivity index (χ3v) is 5.35. The Morgan fingerprint density at radius 1 is 1.21 bits per heavy atom. The summed E-state index contributed by atoms with van der Waals surface area (Å²) in [6, 6.07) is 8.75. The molecule has 2 nitrogen and oxygen atoms in total. The highest BCUT2D eigenvalue weighted by atomic mass is 32.2. The van der Waals surface area contributed by atoms with Crippen LogP contribution in [0.4, 0.5) is 5.69 Å². The van der Waals surface area contributed by atoms with Gasteiger partial charge in [0.2, 0.25) is 0 Å². The zero-order valence-corrected chi connectivity index (χ0v) is 12.7. The van der Waals surface area contributed by atoms with Gasteiger partial charge in [-0.25, -0.2) is 0 Å². The Kier molecular flexibility index (Phi) is 4.04. The Labute approximate surface area is 121 Å². The second kappa shape index (κ2) is 5.76. The van der Waals surface area contributed by atoms with Gasteiger partial charge in [0.05, 0.1) is 0 Å². The van der Waals surface area contributed by atoms with Gasteiger partial charge >= 0.3 is 0 Å². The molecule has 0 radical (unpaired) electrons. The lowest BCUT2D eigenvalue weighted by Gasteiger charge is -2.38. The summed E-state index contributed by atoms with van der Waals surface area (Å²) in [5, 5.41) is 5.16. The lowest BCUT2D eigenvalue weighted by molar-refractivity contribution is 0.230. The molecule has 1 fully saturated rings. The van der Waals surface area contributed by atoms with E-state index in [0.717, 1.165) is 23.0 Å². The van der Waals surface area contributed by atoms with Crippen molar-refractivity contribution in [1.29, 1.82) is 0 Å². The van der Waals surface area contributed by atoms with Gasteiger partial charge in [0.15, 0.2) is 0 Å². The van der Waals surface area contributed by atoms with E-state index >= 15 is 0 Å². The van der Waals surface area contributed by atoms with Gasteiger partial charge in [-0.3, -0.25) is 0 Å². The molecule has 1 aromatic carbocycles. The molecule has 3 heteroatoms. The van der Waals surface area contributed by atoms with E-state index < -0.39 is 0 Å². The minimum atomic E-state index is 0.761. The van der Waals surface area contributed by atoms with Crippen molar-refractivity contribution in [1.82, 2.24) is 4.90 Å². The van der Waals surface area contributed by atoms with Crippen molar-refractivity contribution in [2.45, 2.75) is 30.8 Å². The molecule has 0 saturated carbocycles. The monoisotopic (exact) mass is 276 g/mol. The fraction of sp³-hybridized carbons (Fsp3) is 0.625. The molecule has 2 heterocycles. The molecule has 3 atom stereocenters. The van der Waals surface area contributed by atoms with Crippen molar-refractivity contribution in [2.75, 3.05) is 31.5 Å². The first-order chi connectivity index (χ1) is 9.20. The number of hydrogen-bond acceptors (Lipinski definition) is 3. The van der Waals surface area contributed by atoms with Crippen LogP contribution in [0.3, 0.4) is 0 Å². The topological polar surface area (TPSA) is 15.3 Å². The van der Waals surface area contributed by atoms with Crippen molar-refractivity contribution in [3.05, 3.63) is 29.8 Å². The van der Waals surface area contributed by atoms with Crippen LogP contribution in [0.5, 0.6) is 0 Å². The Bertz CT molecular complexity index is 425. The molecule has 1 aromatic rings. The average Bonchev–Trinajstić information content (AvgIpc) is 2.37. The molecule has 0 aromatic heterocycles. The highest BCUT2D eigenvalue weighted by Gasteiger charge is 2.26. The van der Waals surface area contributed by atoms with E-state index in [2.05, 4.69) is 60.1 Å². The maximum Gasteiger partial charge on any atom is 0.0372 e. The van der Waals surface area contributed by atoms with Crippen LogP contribution in [0.25, 0.3) is 0 Å². The van der Waals surface area contributed by atoms with Crippen molar-refractivity contribution in [3.63, 3.8) is 0 Å². The van der Waals surface area contributed by atoms with Gasteiger partial charge in [-0.15, -0.1) is 0 Å². The predicted molar refractivity (Wildman–Crippen MR) is 85.1 cm³/mol. The molecule has 3 unspecified atom stereocenters. The zero-order chi connectivity index (χ0) is 13.2. The van der Waals surface area contributed by atoms with Crippen LogP contribution in [0.2, 0.25) is 0 Å². The van der Waals surface area contributed by atoms with E-state index in [1.54, 1.807) is 0 Å². The first kappa shape index (κ1) is 13.3. The lowest BCUT2D eigenvalue weighted by atomic mass is 9.93. The van der Waals surface area contributed by atoms with Gasteiger partial charge < -0.3 is 10.2 Å². The molecule has 0 aliphatic carbocycles. The highest BCUT2D eigenvalue weighted by Crippen LogP contribution is 2.28. The first-order valence-electron chi connectivity index (χ1n) is 7.40. The van der Waals surface area contributed by atoms with Crippen molar-refractivity contribution >= 4 is 17.4 Å². The summed E-state index contributed by atoms with van der Waals surface area (Å²) in [4.78, 5) is 2.67. The van der Waals surface area contributed by atoms with Crippen LogP contribution in [0.15, 0.2) is 24.3 Å². The van der Waals surface area contributed by atoms with Crippen LogP contribution in [-0.2, 0) is 6.42 Å². The Morgan fingerprint density at radius 2 is 1.95 bits per heavy atom. The number of thioether (sulfide) groups is 1. The van der Waals surface area contributed by atoms with Crippen LogP contribution in [-0.4, -0.2) is 41.6 Å². The van der Waals surface area contributed by atoms with Gasteiger partial charge in [0.25, 0.3) is 0 Å². The van der Waals surface area contributed by atoms with Crippen LogP contribution in [0, 0.1) is 5.92 Å².